The summed E-state index contributed by atoms with van der Waals surface area (Å²) in [4.78, 5) is 42.5. The van der Waals surface area contributed by atoms with Gasteiger partial charge in [0.15, 0.2) is 0 Å². The average molecular weight is 389 g/mol. The van der Waals surface area contributed by atoms with Gasteiger partial charge in [0.25, 0.3) is 11.5 Å². The van der Waals surface area contributed by atoms with Crippen molar-refractivity contribution < 1.29 is 9.21 Å². The molecule has 1 amide bonds. The summed E-state index contributed by atoms with van der Waals surface area (Å²) in [5, 5.41) is 7.20. The number of aryl methyl sites for hydroxylation is 1. The maximum atomic E-state index is 12.6. The first kappa shape index (κ1) is 18.1. The van der Waals surface area contributed by atoms with Crippen molar-refractivity contribution in [2.75, 3.05) is 5.32 Å². The molecule has 0 saturated carbocycles. The van der Waals surface area contributed by atoms with Gasteiger partial charge in [0.1, 0.15) is 12.1 Å². The van der Waals surface area contributed by atoms with Crippen molar-refractivity contribution in [2.45, 2.75) is 6.92 Å². The lowest BCUT2D eigenvalue weighted by atomic mass is 10.1. The van der Waals surface area contributed by atoms with E-state index in [1.54, 1.807) is 13.0 Å². The molecule has 0 aliphatic carbocycles. The topological polar surface area (TPSA) is 123 Å². The van der Waals surface area contributed by atoms with Crippen molar-refractivity contribution in [1.82, 2.24) is 19.7 Å². The lowest BCUT2D eigenvalue weighted by Crippen LogP contribution is -2.19. The second-order valence-corrected chi connectivity index (χ2v) is 6.20. The van der Waals surface area contributed by atoms with Crippen molar-refractivity contribution in [3.63, 3.8) is 0 Å². The second-order valence-electron chi connectivity index (χ2n) is 6.20. The van der Waals surface area contributed by atoms with Gasteiger partial charge in [-0.1, -0.05) is 30.3 Å². The minimum Gasteiger partial charge on any atom is -0.430 e. The van der Waals surface area contributed by atoms with E-state index in [1.165, 1.54) is 16.8 Å². The summed E-state index contributed by atoms with van der Waals surface area (Å²) >= 11 is 0. The summed E-state index contributed by atoms with van der Waals surface area (Å²) in [5.41, 5.74) is 1.16. The van der Waals surface area contributed by atoms with Gasteiger partial charge >= 0.3 is 5.63 Å². The Morgan fingerprint density at radius 3 is 2.59 bits per heavy atom. The van der Waals surface area contributed by atoms with E-state index in [0.717, 1.165) is 17.9 Å². The van der Waals surface area contributed by atoms with Crippen LogP contribution in [0.15, 0.2) is 74.9 Å². The van der Waals surface area contributed by atoms with E-state index < -0.39 is 11.5 Å². The molecule has 4 aromatic rings. The highest BCUT2D eigenvalue weighted by atomic mass is 16.4. The highest BCUT2D eigenvalue weighted by Crippen LogP contribution is 2.23. The molecule has 0 aliphatic heterocycles. The maximum Gasteiger partial charge on any atom is 0.335 e. The largest absolute Gasteiger partial charge is 0.430 e. The molecule has 3 heterocycles. The summed E-state index contributed by atoms with van der Waals surface area (Å²) in [7, 11) is 0. The number of nitrogens with one attached hydrogen (secondary N) is 2. The van der Waals surface area contributed by atoms with Gasteiger partial charge in [0, 0.05) is 29.5 Å². The van der Waals surface area contributed by atoms with Crippen molar-refractivity contribution in [3.05, 3.63) is 92.9 Å². The van der Waals surface area contributed by atoms with Crippen molar-refractivity contribution in [1.29, 1.82) is 0 Å². The van der Waals surface area contributed by atoms with Crippen LogP contribution in [0.3, 0.4) is 0 Å². The lowest BCUT2D eigenvalue weighted by molar-refractivity contribution is 0.102. The van der Waals surface area contributed by atoms with E-state index in [4.69, 9.17) is 4.42 Å². The minimum absolute atomic E-state index is 0.157. The first-order valence-corrected chi connectivity index (χ1v) is 8.63. The smallest absolute Gasteiger partial charge is 0.335 e. The van der Waals surface area contributed by atoms with E-state index in [0.29, 0.717) is 11.4 Å². The van der Waals surface area contributed by atoms with Gasteiger partial charge in [-0.25, -0.2) is 9.78 Å². The predicted octanol–water partition coefficient (Wildman–Crippen LogP) is 2.14. The highest BCUT2D eigenvalue weighted by molar-refractivity contribution is 6.03. The number of aromatic amines is 1. The van der Waals surface area contributed by atoms with Crippen molar-refractivity contribution in [3.8, 4) is 17.2 Å². The van der Waals surface area contributed by atoms with E-state index in [1.807, 2.05) is 30.3 Å². The zero-order chi connectivity index (χ0) is 20.4. The van der Waals surface area contributed by atoms with Gasteiger partial charge < -0.3 is 9.73 Å². The fourth-order valence-corrected chi connectivity index (χ4v) is 2.72. The Balaban J connectivity index is 1.79. The number of anilines is 1. The number of hydrogen-bond donors (Lipinski definition) is 2. The number of H-pyrrole nitrogens is 1. The quantitative estimate of drug-likeness (QED) is 0.551. The van der Waals surface area contributed by atoms with Crippen LogP contribution in [0.5, 0.6) is 0 Å². The SMILES string of the molecule is Cc1cc(=O)[nH]c(-n2nc(-c3ccccc3)cc2NC(=O)c2ccc(=O)oc2)n1. The van der Waals surface area contributed by atoms with Crippen LogP contribution in [0.2, 0.25) is 0 Å². The van der Waals surface area contributed by atoms with Crippen LogP contribution < -0.4 is 16.5 Å². The Hall–Kier alpha value is -4.27. The highest BCUT2D eigenvalue weighted by Gasteiger charge is 2.17. The van der Waals surface area contributed by atoms with Crippen LogP contribution in [0, 0.1) is 6.92 Å². The van der Waals surface area contributed by atoms with Gasteiger partial charge in [-0.15, -0.1) is 0 Å². The Labute approximate surface area is 163 Å². The van der Waals surface area contributed by atoms with Crippen LogP contribution in [0.25, 0.3) is 17.2 Å². The zero-order valence-electron chi connectivity index (χ0n) is 15.2. The third-order valence-corrected chi connectivity index (χ3v) is 4.04. The molecule has 0 saturated heterocycles. The average Bonchev–Trinajstić information content (AvgIpc) is 3.12. The molecule has 0 bridgehead atoms. The molecule has 0 unspecified atom stereocenters. The molecular weight excluding hydrogens is 374 g/mol. The molecule has 0 spiro atoms. The van der Waals surface area contributed by atoms with E-state index >= 15 is 0 Å². The van der Waals surface area contributed by atoms with Crippen molar-refractivity contribution >= 4 is 11.7 Å². The van der Waals surface area contributed by atoms with Crippen LogP contribution >= 0.6 is 0 Å². The Morgan fingerprint density at radius 2 is 1.90 bits per heavy atom. The number of nitrogens with zero attached hydrogens (tertiary/aromatic N) is 3. The standard InChI is InChI=1S/C20H15N5O4/c1-12-9-17(26)23-20(21-12)25-16(10-15(24-25)13-5-3-2-4-6-13)22-19(28)14-7-8-18(27)29-11-14/h2-11H,1H3,(H,22,28)(H,21,23,26). The molecule has 9 nitrogen and oxygen atoms in total. The molecule has 29 heavy (non-hydrogen) atoms. The van der Waals surface area contributed by atoms with Crippen LogP contribution in [0.4, 0.5) is 5.82 Å². The molecule has 3 aromatic heterocycles. The second kappa shape index (κ2) is 7.39. The normalized spacial score (nSPS) is 10.7. The summed E-state index contributed by atoms with van der Waals surface area (Å²) < 4.78 is 6.08. The van der Waals surface area contributed by atoms with Crippen LogP contribution in [0.1, 0.15) is 16.1 Å². The Bertz CT molecular complexity index is 1280. The fourth-order valence-electron chi connectivity index (χ4n) is 2.72. The summed E-state index contributed by atoms with van der Waals surface area (Å²) in [5.74, 6) is -0.0645. The molecule has 1 aromatic carbocycles. The number of hydrogen-bond acceptors (Lipinski definition) is 6. The molecule has 2 N–H and O–H groups in total. The first-order valence-electron chi connectivity index (χ1n) is 8.63. The maximum absolute atomic E-state index is 12.6. The van der Waals surface area contributed by atoms with Gasteiger partial charge in [0.05, 0.1) is 11.3 Å². The molecule has 0 atom stereocenters. The fraction of sp³-hybridized carbons (Fsp3) is 0.0500. The Morgan fingerprint density at radius 1 is 1.10 bits per heavy atom. The van der Waals surface area contributed by atoms with Gasteiger partial charge in [-0.3, -0.25) is 14.6 Å². The number of benzene rings is 1. The van der Waals surface area contributed by atoms with E-state index in [-0.39, 0.29) is 22.9 Å². The van der Waals surface area contributed by atoms with Crippen LogP contribution in [-0.4, -0.2) is 25.7 Å². The predicted molar refractivity (Wildman–Crippen MR) is 105 cm³/mol. The third kappa shape index (κ3) is 3.88. The van der Waals surface area contributed by atoms with E-state index in [9.17, 15) is 14.4 Å². The van der Waals surface area contributed by atoms with Gasteiger partial charge in [0.2, 0.25) is 5.95 Å². The number of carbonyl (C=O) groups is 1. The summed E-state index contributed by atoms with van der Waals surface area (Å²) in [6.07, 6.45) is 1.07. The van der Waals surface area contributed by atoms with E-state index in [2.05, 4.69) is 20.4 Å². The molecule has 144 valence electrons. The molecule has 0 fully saturated rings. The molecule has 9 heteroatoms. The monoisotopic (exact) mass is 389 g/mol. The molecule has 0 aliphatic rings. The van der Waals surface area contributed by atoms with Crippen LogP contribution in [-0.2, 0) is 0 Å². The molecular formula is C20H15N5O4. The number of aromatic nitrogens is 4. The van der Waals surface area contributed by atoms with Gasteiger partial charge in [-0.05, 0) is 13.0 Å². The number of amides is 1. The third-order valence-electron chi connectivity index (χ3n) is 4.04. The van der Waals surface area contributed by atoms with Crippen molar-refractivity contribution in [2.24, 2.45) is 0 Å². The molecule has 0 radical (unpaired) electrons. The lowest BCUT2D eigenvalue weighted by Gasteiger charge is -2.08. The molecule has 4 rings (SSSR count). The Kier molecular flexibility index (Phi) is 4.62. The number of rotatable bonds is 4. The summed E-state index contributed by atoms with van der Waals surface area (Å²) in [6.45, 7) is 1.69. The summed E-state index contributed by atoms with van der Waals surface area (Å²) in [6, 6.07) is 14.9. The number of carbonyl (C=O) groups excluding carboxylic acids is 1. The first-order chi connectivity index (χ1) is 14.0. The van der Waals surface area contributed by atoms with Gasteiger partial charge in [-0.2, -0.15) is 9.78 Å². The zero-order valence-corrected chi connectivity index (χ0v) is 15.2. The minimum atomic E-state index is -0.556.